The summed E-state index contributed by atoms with van der Waals surface area (Å²) in [5, 5.41) is 4.01. The molecule has 3 aromatic rings. The number of nitrogens with one attached hydrogen (secondary N) is 1. The molecule has 4 heteroatoms. The first kappa shape index (κ1) is 18.2. The summed E-state index contributed by atoms with van der Waals surface area (Å²) in [4.78, 5) is 12.5. The number of amides is 1. The van der Waals surface area contributed by atoms with Crippen LogP contribution in [0.2, 0.25) is 0 Å². The predicted octanol–water partition coefficient (Wildman–Crippen LogP) is 4.61. The average molecular weight is 352 g/mol. The minimum atomic E-state index is -0.325. The van der Waals surface area contributed by atoms with Crippen molar-refractivity contribution in [1.29, 1.82) is 0 Å². The highest BCUT2D eigenvalue weighted by Gasteiger charge is 2.24. The molecule has 0 aliphatic carbocycles. The SMILES string of the molecule is CC(C)CNC(=O)C[C@@H](c1ccccc1F)c1cn(C)c2ccccc12. The van der Waals surface area contributed by atoms with Gasteiger partial charge in [-0.1, -0.05) is 50.2 Å². The van der Waals surface area contributed by atoms with Crippen LogP contribution in [0.4, 0.5) is 4.39 Å². The van der Waals surface area contributed by atoms with Gasteiger partial charge < -0.3 is 9.88 Å². The molecule has 3 rings (SSSR count). The molecule has 0 saturated carbocycles. The van der Waals surface area contributed by atoms with Crippen molar-refractivity contribution in [3.63, 3.8) is 0 Å². The van der Waals surface area contributed by atoms with Gasteiger partial charge in [-0.25, -0.2) is 4.39 Å². The fraction of sp³-hybridized carbons (Fsp3) is 0.318. The van der Waals surface area contributed by atoms with E-state index in [0.717, 1.165) is 16.5 Å². The molecule has 26 heavy (non-hydrogen) atoms. The Balaban J connectivity index is 2.03. The van der Waals surface area contributed by atoms with Crippen LogP contribution in [0.5, 0.6) is 0 Å². The van der Waals surface area contributed by atoms with Gasteiger partial charge in [0, 0.05) is 43.0 Å². The number of rotatable bonds is 6. The Hall–Kier alpha value is -2.62. The van der Waals surface area contributed by atoms with Crippen LogP contribution in [0.3, 0.4) is 0 Å². The third-order valence-corrected chi connectivity index (χ3v) is 4.68. The summed E-state index contributed by atoms with van der Waals surface area (Å²) in [5.41, 5.74) is 2.61. The van der Waals surface area contributed by atoms with Gasteiger partial charge in [-0.3, -0.25) is 4.79 Å². The van der Waals surface area contributed by atoms with E-state index in [1.165, 1.54) is 6.07 Å². The smallest absolute Gasteiger partial charge is 0.220 e. The number of benzene rings is 2. The Morgan fingerprint density at radius 1 is 1.08 bits per heavy atom. The third-order valence-electron chi connectivity index (χ3n) is 4.68. The summed E-state index contributed by atoms with van der Waals surface area (Å²) in [6.45, 7) is 4.73. The molecule has 1 atom stereocenters. The lowest BCUT2D eigenvalue weighted by Gasteiger charge is -2.18. The summed E-state index contributed by atoms with van der Waals surface area (Å²) in [5.74, 6) is -0.278. The molecule has 0 unspecified atom stereocenters. The molecule has 0 saturated heterocycles. The number of carbonyl (C=O) groups is 1. The van der Waals surface area contributed by atoms with Gasteiger partial charge in [0.05, 0.1) is 0 Å². The van der Waals surface area contributed by atoms with E-state index in [0.29, 0.717) is 18.0 Å². The van der Waals surface area contributed by atoms with Crippen LogP contribution in [-0.2, 0) is 11.8 Å². The fourth-order valence-corrected chi connectivity index (χ4v) is 3.37. The van der Waals surface area contributed by atoms with Gasteiger partial charge in [0.25, 0.3) is 0 Å². The van der Waals surface area contributed by atoms with Crippen LogP contribution >= 0.6 is 0 Å². The molecule has 1 heterocycles. The van der Waals surface area contributed by atoms with Crippen LogP contribution in [0.15, 0.2) is 54.7 Å². The Kier molecular flexibility index (Phi) is 5.40. The summed E-state index contributed by atoms with van der Waals surface area (Å²) >= 11 is 0. The van der Waals surface area contributed by atoms with Crippen LogP contribution < -0.4 is 5.32 Å². The van der Waals surface area contributed by atoms with Crippen LogP contribution in [-0.4, -0.2) is 17.0 Å². The lowest BCUT2D eigenvalue weighted by Crippen LogP contribution is -2.29. The van der Waals surface area contributed by atoms with E-state index in [9.17, 15) is 9.18 Å². The Morgan fingerprint density at radius 3 is 2.50 bits per heavy atom. The molecule has 1 aromatic heterocycles. The molecule has 3 nitrogen and oxygen atoms in total. The highest BCUT2D eigenvalue weighted by Crippen LogP contribution is 2.35. The van der Waals surface area contributed by atoms with E-state index in [1.54, 1.807) is 12.1 Å². The molecular formula is C22H25FN2O. The van der Waals surface area contributed by atoms with Crippen molar-refractivity contribution in [3.8, 4) is 0 Å². The van der Waals surface area contributed by atoms with E-state index in [-0.39, 0.29) is 24.1 Å². The number of para-hydroxylation sites is 1. The van der Waals surface area contributed by atoms with E-state index in [4.69, 9.17) is 0 Å². The fourth-order valence-electron chi connectivity index (χ4n) is 3.37. The summed E-state index contributed by atoms with van der Waals surface area (Å²) in [6, 6.07) is 14.8. The minimum Gasteiger partial charge on any atom is -0.356 e. The zero-order chi connectivity index (χ0) is 18.7. The Labute approximate surface area is 153 Å². The number of carbonyl (C=O) groups excluding carboxylic acids is 1. The topological polar surface area (TPSA) is 34.0 Å². The first-order valence-electron chi connectivity index (χ1n) is 9.02. The number of hydrogen-bond donors (Lipinski definition) is 1. The Bertz CT molecular complexity index is 913. The predicted molar refractivity (Wildman–Crippen MR) is 104 cm³/mol. The summed E-state index contributed by atoms with van der Waals surface area (Å²) < 4.78 is 16.6. The largest absolute Gasteiger partial charge is 0.356 e. The van der Waals surface area contributed by atoms with Gasteiger partial charge in [-0.2, -0.15) is 0 Å². The second kappa shape index (κ2) is 7.73. The number of aryl methyl sites for hydroxylation is 1. The number of fused-ring (bicyclic) bond motifs is 1. The van der Waals surface area contributed by atoms with Crippen LogP contribution in [0.25, 0.3) is 10.9 Å². The minimum absolute atomic E-state index is 0.0557. The second-order valence-corrected chi connectivity index (χ2v) is 7.19. The zero-order valence-electron chi connectivity index (χ0n) is 15.5. The third kappa shape index (κ3) is 3.79. The molecule has 0 radical (unpaired) electrons. The molecule has 0 spiro atoms. The standard InChI is InChI=1S/C22H25FN2O/c1-15(2)13-24-22(26)12-18(16-8-4-6-10-20(16)23)19-14-25(3)21-11-7-5-9-17(19)21/h4-11,14-15,18H,12-13H2,1-3H3,(H,24,26)/t18-/m0/s1. The molecule has 0 bridgehead atoms. The lowest BCUT2D eigenvalue weighted by molar-refractivity contribution is -0.121. The quantitative estimate of drug-likeness (QED) is 0.690. The van der Waals surface area contributed by atoms with Crippen molar-refractivity contribution in [2.45, 2.75) is 26.2 Å². The van der Waals surface area contributed by atoms with Crippen LogP contribution in [0, 0.1) is 11.7 Å². The van der Waals surface area contributed by atoms with E-state index >= 15 is 0 Å². The van der Waals surface area contributed by atoms with Crippen molar-refractivity contribution >= 4 is 16.8 Å². The van der Waals surface area contributed by atoms with Gasteiger partial charge in [0.15, 0.2) is 0 Å². The summed E-state index contributed by atoms with van der Waals surface area (Å²) in [6.07, 6.45) is 2.24. The molecule has 1 N–H and O–H groups in total. The van der Waals surface area contributed by atoms with Crippen molar-refractivity contribution in [2.24, 2.45) is 13.0 Å². The normalized spacial score (nSPS) is 12.5. The molecule has 136 valence electrons. The molecule has 1 amide bonds. The number of nitrogens with zero attached hydrogens (tertiary/aromatic N) is 1. The second-order valence-electron chi connectivity index (χ2n) is 7.19. The van der Waals surface area contributed by atoms with E-state index in [1.807, 2.05) is 48.1 Å². The molecule has 2 aromatic carbocycles. The van der Waals surface area contributed by atoms with E-state index in [2.05, 4.69) is 19.2 Å². The molecular weight excluding hydrogens is 327 g/mol. The maximum atomic E-state index is 14.6. The number of aromatic nitrogens is 1. The van der Waals surface area contributed by atoms with Gasteiger partial charge in [0.1, 0.15) is 5.82 Å². The van der Waals surface area contributed by atoms with E-state index < -0.39 is 0 Å². The molecule has 0 aliphatic rings. The highest BCUT2D eigenvalue weighted by atomic mass is 19.1. The van der Waals surface area contributed by atoms with Gasteiger partial charge >= 0.3 is 0 Å². The first-order chi connectivity index (χ1) is 12.5. The maximum absolute atomic E-state index is 14.6. The monoisotopic (exact) mass is 352 g/mol. The lowest BCUT2D eigenvalue weighted by atomic mass is 9.87. The average Bonchev–Trinajstić information content (AvgIpc) is 2.96. The van der Waals surface area contributed by atoms with Gasteiger partial charge in [0.2, 0.25) is 5.91 Å². The van der Waals surface area contributed by atoms with Crippen LogP contribution in [0.1, 0.15) is 37.3 Å². The number of halogens is 1. The molecule has 0 fully saturated rings. The van der Waals surface area contributed by atoms with Crippen molar-refractivity contribution in [1.82, 2.24) is 9.88 Å². The molecule has 0 aliphatic heterocycles. The number of hydrogen-bond acceptors (Lipinski definition) is 1. The van der Waals surface area contributed by atoms with Crippen molar-refractivity contribution in [3.05, 3.63) is 71.7 Å². The summed E-state index contributed by atoms with van der Waals surface area (Å²) in [7, 11) is 1.98. The van der Waals surface area contributed by atoms with Crippen molar-refractivity contribution < 1.29 is 9.18 Å². The first-order valence-corrected chi connectivity index (χ1v) is 9.02. The van der Waals surface area contributed by atoms with Gasteiger partial charge in [-0.15, -0.1) is 0 Å². The highest BCUT2D eigenvalue weighted by molar-refractivity contribution is 5.86. The maximum Gasteiger partial charge on any atom is 0.220 e. The Morgan fingerprint density at radius 2 is 1.77 bits per heavy atom. The zero-order valence-corrected chi connectivity index (χ0v) is 15.5. The van der Waals surface area contributed by atoms with Gasteiger partial charge in [-0.05, 0) is 29.2 Å². The van der Waals surface area contributed by atoms with Crippen molar-refractivity contribution in [2.75, 3.05) is 6.54 Å².